The van der Waals surface area contributed by atoms with E-state index in [4.69, 9.17) is 5.26 Å². The third kappa shape index (κ3) is 2.12. The molecular weight excluding hydrogens is 216 g/mol. The zero-order valence-corrected chi connectivity index (χ0v) is 10.1. The summed E-state index contributed by atoms with van der Waals surface area (Å²) in [7, 11) is 0. The van der Waals surface area contributed by atoms with Gasteiger partial charge >= 0.3 is 0 Å². The predicted molar refractivity (Wildman–Crippen MR) is 66.4 cm³/mol. The summed E-state index contributed by atoms with van der Waals surface area (Å²) in [5, 5.41) is 12.1. The van der Waals surface area contributed by atoms with Crippen molar-refractivity contribution in [2.75, 3.05) is 0 Å². The quantitative estimate of drug-likeness (QED) is 0.788. The van der Waals surface area contributed by atoms with Crippen molar-refractivity contribution in [1.29, 1.82) is 5.26 Å². The average Bonchev–Trinajstić information content (AvgIpc) is 2.75. The molecule has 0 bridgehead atoms. The van der Waals surface area contributed by atoms with Crippen LogP contribution in [0.2, 0.25) is 0 Å². The lowest BCUT2D eigenvalue weighted by atomic mass is 10.0. The second-order valence-electron chi connectivity index (χ2n) is 3.64. The standard InChI is InChI=1S/C13H12N2S/c1-3-10-4-11(7-14)6-12(5-10)13-8-16-9(2)15-13/h4-6,8H,3H2,1-2H3. The topological polar surface area (TPSA) is 36.7 Å². The molecule has 0 saturated carbocycles. The van der Waals surface area contributed by atoms with Gasteiger partial charge in [0.05, 0.1) is 22.3 Å². The summed E-state index contributed by atoms with van der Waals surface area (Å²) in [5.74, 6) is 0. The van der Waals surface area contributed by atoms with Gasteiger partial charge in [-0.1, -0.05) is 6.92 Å². The SMILES string of the molecule is CCc1cc(C#N)cc(-c2csc(C)n2)c1. The molecule has 0 radical (unpaired) electrons. The molecule has 2 rings (SSSR count). The van der Waals surface area contributed by atoms with E-state index >= 15 is 0 Å². The van der Waals surface area contributed by atoms with Crippen LogP contribution in [0.1, 0.15) is 23.1 Å². The summed E-state index contributed by atoms with van der Waals surface area (Å²) >= 11 is 1.63. The zero-order chi connectivity index (χ0) is 11.5. The van der Waals surface area contributed by atoms with E-state index in [-0.39, 0.29) is 0 Å². The molecule has 1 aromatic carbocycles. The number of aromatic nitrogens is 1. The maximum absolute atomic E-state index is 8.97. The first-order chi connectivity index (χ1) is 7.72. The molecule has 0 aliphatic carbocycles. The monoisotopic (exact) mass is 228 g/mol. The zero-order valence-electron chi connectivity index (χ0n) is 9.32. The number of nitriles is 1. The van der Waals surface area contributed by atoms with Gasteiger partial charge in [-0.15, -0.1) is 11.3 Å². The molecule has 2 aromatic rings. The summed E-state index contributed by atoms with van der Waals surface area (Å²) in [5.41, 5.74) is 3.90. The highest BCUT2D eigenvalue weighted by molar-refractivity contribution is 7.09. The Hall–Kier alpha value is -1.66. The molecule has 0 amide bonds. The predicted octanol–water partition coefficient (Wildman–Crippen LogP) is 3.55. The Morgan fingerprint density at radius 3 is 2.75 bits per heavy atom. The minimum atomic E-state index is 0.708. The van der Waals surface area contributed by atoms with E-state index in [0.29, 0.717) is 5.56 Å². The van der Waals surface area contributed by atoms with Crippen LogP contribution in [-0.4, -0.2) is 4.98 Å². The average molecular weight is 228 g/mol. The molecule has 2 nitrogen and oxygen atoms in total. The highest BCUT2D eigenvalue weighted by Crippen LogP contribution is 2.24. The lowest BCUT2D eigenvalue weighted by molar-refractivity contribution is 1.14. The fourth-order valence-corrected chi connectivity index (χ4v) is 2.23. The number of aryl methyl sites for hydroxylation is 2. The van der Waals surface area contributed by atoms with Gasteiger partial charge in [0.1, 0.15) is 0 Å². The number of thiazole rings is 1. The van der Waals surface area contributed by atoms with Crippen LogP contribution in [-0.2, 0) is 6.42 Å². The third-order valence-corrected chi connectivity index (χ3v) is 3.22. The van der Waals surface area contributed by atoms with Crippen LogP contribution in [0, 0.1) is 18.3 Å². The number of nitrogens with zero attached hydrogens (tertiary/aromatic N) is 2. The molecule has 1 aromatic heterocycles. The molecular formula is C13H12N2S. The van der Waals surface area contributed by atoms with Gasteiger partial charge in [0.25, 0.3) is 0 Å². The molecule has 16 heavy (non-hydrogen) atoms. The summed E-state index contributed by atoms with van der Waals surface area (Å²) in [6.45, 7) is 4.08. The Bertz CT molecular complexity index is 549. The van der Waals surface area contributed by atoms with Gasteiger partial charge in [-0.05, 0) is 37.1 Å². The molecule has 3 heteroatoms. The highest BCUT2D eigenvalue weighted by Gasteiger charge is 2.05. The van der Waals surface area contributed by atoms with E-state index in [0.717, 1.165) is 22.7 Å². The van der Waals surface area contributed by atoms with Crippen molar-refractivity contribution >= 4 is 11.3 Å². The van der Waals surface area contributed by atoms with Gasteiger partial charge in [0.2, 0.25) is 0 Å². The first-order valence-electron chi connectivity index (χ1n) is 5.19. The van der Waals surface area contributed by atoms with Crippen LogP contribution >= 0.6 is 11.3 Å². The largest absolute Gasteiger partial charge is 0.242 e. The van der Waals surface area contributed by atoms with E-state index in [2.05, 4.69) is 24.0 Å². The van der Waals surface area contributed by atoms with Gasteiger partial charge in [-0.2, -0.15) is 5.26 Å². The molecule has 0 N–H and O–H groups in total. The van der Waals surface area contributed by atoms with Crippen molar-refractivity contribution in [2.24, 2.45) is 0 Å². The first-order valence-corrected chi connectivity index (χ1v) is 6.07. The molecule has 0 fully saturated rings. The van der Waals surface area contributed by atoms with Crippen molar-refractivity contribution in [3.63, 3.8) is 0 Å². The van der Waals surface area contributed by atoms with Crippen molar-refractivity contribution in [2.45, 2.75) is 20.3 Å². The Kier molecular flexibility index (Phi) is 3.02. The van der Waals surface area contributed by atoms with Crippen molar-refractivity contribution in [3.8, 4) is 17.3 Å². The molecule has 0 spiro atoms. The van der Waals surface area contributed by atoms with Crippen LogP contribution in [0.15, 0.2) is 23.6 Å². The van der Waals surface area contributed by atoms with Gasteiger partial charge < -0.3 is 0 Å². The molecule has 80 valence electrons. The molecule has 0 aliphatic rings. The smallest absolute Gasteiger partial charge is 0.0991 e. The molecule has 0 unspecified atom stereocenters. The van der Waals surface area contributed by atoms with Gasteiger partial charge in [-0.3, -0.25) is 0 Å². The lowest BCUT2D eigenvalue weighted by Gasteiger charge is -2.02. The maximum atomic E-state index is 8.97. The summed E-state index contributed by atoms with van der Waals surface area (Å²) in [6, 6.07) is 8.13. The molecule has 0 atom stereocenters. The third-order valence-electron chi connectivity index (χ3n) is 2.44. The van der Waals surface area contributed by atoms with Crippen molar-refractivity contribution in [3.05, 3.63) is 39.7 Å². The second kappa shape index (κ2) is 4.46. The van der Waals surface area contributed by atoms with E-state index in [1.165, 1.54) is 5.56 Å². The molecule has 0 saturated heterocycles. The van der Waals surface area contributed by atoms with E-state index in [1.807, 2.05) is 24.4 Å². The first kappa shape index (κ1) is 10.8. The number of benzene rings is 1. The van der Waals surface area contributed by atoms with Crippen molar-refractivity contribution < 1.29 is 0 Å². The Balaban J connectivity index is 2.52. The minimum absolute atomic E-state index is 0.708. The van der Waals surface area contributed by atoms with E-state index in [1.54, 1.807) is 11.3 Å². The van der Waals surface area contributed by atoms with Gasteiger partial charge in [0, 0.05) is 10.9 Å². The minimum Gasteiger partial charge on any atom is -0.242 e. The summed E-state index contributed by atoms with van der Waals surface area (Å²) < 4.78 is 0. The molecule has 1 heterocycles. The van der Waals surface area contributed by atoms with Crippen LogP contribution in [0.5, 0.6) is 0 Å². The Labute approximate surface area is 99.2 Å². The fraction of sp³-hybridized carbons (Fsp3) is 0.231. The van der Waals surface area contributed by atoms with Crippen LogP contribution < -0.4 is 0 Å². The van der Waals surface area contributed by atoms with Crippen molar-refractivity contribution in [1.82, 2.24) is 4.98 Å². The lowest BCUT2D eigenvalue weighted by Crippen LogP contribution is -1.87. The van der Waals surface area contributed by atoms with Crippen LogP contribution in [0.3, 0.4) is 0 Å². The van der Waals surface area contributed by atoms with Gasteiger partial charge in [-0.25, -0.2) is 4.98 Å². The summed E-state index contributed by atoms with van der Waals surface area (Å²) in [6.07, 6.45) is 0.936. The maximum Gasteiger partial charge on any atom is 0.0991 e. The van der Waals surface area contributed by atoms with E-state index < -0.39 is 0 Å². The highest BCUT2D eigenvalue weighted by atomic mass is 32.1. The number of hydrogen-bond acceptors (Lipinski definition) is 3. The Morgan fingerprint density at radius 2 is 2.19 bits per heavy atom. The number of hydrogen-bond donors (Lipinski definition) is 0. The van der Waals surface area contributed by atoms with Crippen LogP contribution in [0.4, 0.5) is 0 Å². The Morgan fingerprint density at radius 1 is 1.38 bits per heavy atom. The van der Waals surface area contributed by atoms with Gasteiger partial charge in [0.15, 0.2) is 0 Å². The fourth-order valence-electron chi connectivity index (χ4n) is 1.60. The van der Waals surface area contributed by atoms with E-state index in [9.17, 15) is 0 Å². The number of rotatable bonds is 2. The summed E-state index contributed by atoms with van der Waals surface area (Å²) in [4.78, 5) is 4.44. The molecule has 0 aliphatic heterocycles. The second-order valence-corrected chi connectivity index (χ2v) is 4.70. The van der Waals surface area contributed by atoms with Crippen LogP contribution in [0.25, 0.3) is 11.3 Å². The normalized spacial score (nSPS) is 10.1.